The molecular weight excluding hydrogens is 188 g/mol. The van der Waals surface area contributed by atoms with Crippen molar-refractivity contribution in [1.29, 1.82) is 0 Å². The van der Waals surface area contributed by atoms with E-state index in [2.05, 4.69) is 17.4 Å². The Balaban J connectivity index is 2.32. The van der Waals surface area contributed by atoms with Gasteiger partial charge in [-0.3, -0.25) is 0 Å². The third kappa shape index (κ3) is 3.16. The quantitative estimate of drug-likeness (QED) is 0.318. The van der Waals surface area contributed by atoms with Gasteiger partial charge in [0.15, 0.2) is 0 Å². The zero-order chi connectivity index (χ0) is 9.68. The maximum absolute atomic E-state index is 8.73. The first-order chi connectivity index (χ1) is 6.27. The van der Waals surface area contributed by atoms with Crippen LogP contribution in [0.1, 0.15) is 32.6 Å². The molecule has 1 aliphatic heterocycles. The lowest BCUT2D eigenvalue weighted by Crippen LogP contribution is -2.30. The topological polar surface area (TPSA) is 44.6 Å². The highest BCUT2D eigenvalue weighted by Gasteiger charge is 2.26. The molecule has 4 heteroatoms. The van der Waals surface area contributed by atoms with E-state index in [4.69, 9.17) is 16.8 Å². The van der Waals surface area contributed by atoms with Crippen molar-refractivity contribution < 1.29 is 5.21 Å². The standard InChI is InChI=1S/C9H17ClN2O/c1-7-6-9(12-13)8(11-7)4-2-3-5-10/h7-8,11,13H,2-6H2,1H3. The molecule has 1 aliphatic rings. The van der Waals surface area contributed by atoms with Crippen molar-refractivity contribution in [3.63, 3.8) is 0 Å². The van der Waals surface area contributed by atoms with Gasteiger partial charge >= 0.3 is 0 Å². The molecule has 0 aromatic heterocycles. The van der Waals surface area contributed by atoms with Gasteiger partial charge in [0.2, 0.25) is 0 Å². The van der Waals surface area contributed by atoms with Crippen LogP contribution in [0.5, 0.6) is 0 Å². The SMILES string of the molecule is CC1CC(=NO)C(CCCCCl)N1. The molecule has 1 fully saturated rings. The van der Waals surface area contributed by atoms with E-state index < -0.39 is 0 Å². The number of hydrogen-bond acceptors (Lipinski definition) is 3. The molecular formula is C9H17ClN2O. The predicted octanol–water partition coefficient (Wildman–Crippen LogP) is 1.98. The smallest absolute Gasteiger partial charge is 0.0755 e. The van der Waals surface area contributed by atoms with Gasteiger partial charge in [0, 0.05) is 24.4 Å². The Kier molecular flexibility index (Phi) is 4.53. The number of alkyl halides is 1. The van der Waals surface area contributed by atoms with Crippen LogP contribution in [0.4, 0.5) is 0 Å². The van der Waals surface area contributed by atoms with Crippen LogP contribution >= 0.6 is 11.6 Å². The van der Waals surface area contributed by atoms with E-state index in [-0.39, 0.29) is 6.04 Å². The molecule has 3 nitrogen and oxygen atoms in total. The molecule has 1 heterocycles. The van der Waals surface area contributed by atoms with Gasteiger partial charge in [-0.05, 0) is 19.8 Å². The number of oxime groups is 1. The Morgan fingerprint density at radius 2 is 2.38 bits per heavy atom. The highest BCUT2D eigenvalue weighted by molar-refractivity contribution is 6.17. The lowest BCUT2D eigenvalue weighted by Gasteiger charge is -2.10. The second-order valence-corrected chi connectivity index (χ2v) is 3.98. The number of rotatable bonds is 4. The van der Waals surface area contributed by atoms with E-state index in [9.17, 15) is 0 Å². The molecule has 13 heavy (non-hydrogen) atoms. The van der Waals surface area contributed by atoms with Crippen molar-refractivity contribution in [2.45, 2.75) is 44.7 Å². The average molecular weight is 205 g/mol. The highest BCUT2D eigenvalue weighted by atomic mass is 35.5. The molecule has 1 saturated heterocycles. The second-order valence-electron chi connectivity index (χ2n) is 3.60. The number of halogens is 1. The van der Waals surface area contributed by atoms with E-state index in [1.54, 1.807) is 0 Å². The van der Waals surface area contributed by atoms with E-state index in [0.717, 1.165) is 31.4 Å². The van der Waals surface area contributed by atoms with Crippen LogP contribution in [0.25, 0.3) is 0 Å². The lowest BCUT2D eigenvalue weighted by atomic mass is 10.1. The summed E-state index contributed by atoms with van der Waals surface area (Å²) in [6.45, 7) is 2.10. The molecule has 0 amide bonds. The third-order valence-electron chi connectivity index (χ3n) is 2.41. The molecule has 2 atom stereocenters. The van der Waals surface area contributed by atoms with Crippen LogP contribution in [0.2, 0.25) is 0 Å². The number of nitrogens with one attached hydrogen (secondary N) is 1. The average Bonchev–Trinajstić information content (AvgIpc) is 2.47. The molecule has 76 valence electrons. The minimum atomic E-state index is 0.267. The zero-order valence-corrected chi connectivity index (χ0v) is 8.72. The molecule has 2 N–H and O–H groups in total. The van der Waals surface area contributed by atoms with Gasteiger partial charge in [0.1, 0.15) is 0 Å². The summed E-state index contributed by atoms with van der Waals surface area (Å²) >= 11 is 5.59. The first-order valence-electron chi connectivity index (χ1n) is 4.80. The maximum atomic E-state index is 8.73. The van der Waals surface area contributed by atoms with Crippen LogP contribution in [-0.2, 0) is 0 Å². The first kappa shape index (κ1) is 10.8. The van der Waals surface area contributed by atoms with Crippen molar-refractivity contribution in [3.8, 4) is 0 Å². The molecule has 0 radical (unpaired) electrons. The van der Waals surface area contributed by atoms with Gasteiger partial charge in [0.05, 0.1) is 5.71 Å². The summed E-state index contributed by atoms with van der Waals surface area (Å²) in [5.74, 6) is 0.716. The van der Waals surface area contributed by atoms with Gasteiger partial charge in [0.25, 0.3) is 0 Å². The van der Waals surface area contributed by atoms with Crippen molar-refractivity contribution in [2.24, 2.45) is 5.16 Å². The van der Waals surface area contributed by atoms with Crippen molar-refractivity contribution in [2.75, 3.05) is 5.88 Å². The molecule has 0 saturated carbocycles. The Morgan fingerprint density at radius 1 is 1.62 bits per heavy atom. The van der Waals surface area contributed by atoms with Gasteiger partial charge in [-0.2, -0.15) is 0 Å². The molecule has 1 rings (SSSR count). The summed E-state index contributed by atoms with van der Waals surface area (Å²) < 4.78 is 0. The Morgan fingerprint density at radius 3 is 3.00 bits per heavy atom. The van der Waals surface area contributed by atoms with Gasteiger partial charge < -0.3 is 10.5 Å². The molecule has 0 spiro atoms. The van der Waals surface area contributed by atoms with Crippen molar-refractivity contribution in [3.05, 3.63) is 0 Å². The number of nitrogens with zero attached hydrogens (tertiary/aromatic N) is 1. The first-order valence-corrected chi connectivity index (χ1v) is 5.34. The minimum absolute atomic E-state index is 0.267. The summed E-state index contributed by atoms with van der Waals surface area (Å²) in [6, 6.07) is 0.704. The predicted molar refractivity (Wildman–Crippen MR) is 54.8 cm³/mol. The summed E-state index contributed by atoms with van der Waals surface area (Å²) in [7, 11) is 0. The van der Waals surface area contributed by atoms with Crippen LogP contribution in [0, 0.1) is 0 Å². The van der Waals surface area contributed by atoms with Gasteiger partial charge in [-0.1, -0.05) is 11.6 Å². The van der Waals surface area contributed by atoms with Crippen LogP contribution in [-0.4, -0.2) is 28.9 Å². The monoisotopic (exact) mass is 204 g/mol. The van der Waals surface area contributed by atoms with E-state index in [0.29, 0.717) is 11.9 Å². The van der Waals surface area contributed by atoms with Crippen LogP contribution < -0.4 is 5.32 Å². The van der Waals surface area contributed by atoms with Crippen LogP contribution in [0.3, 0.4) is 0 Å². The fraction of sp³-hybridized carbons (Fsp3) is 0.889. The molecule has 0 aromatic rings. The van der Waals surface area contributed by atoms with Crippen molar-refractivity contribution >= 4 is 17.3 Å². The third-order valence-corrected chi connectivity index (χ3v) is 2.68. The summed E-state index contributed by atoms with van der Waals surface area (Å²) in [6.07, 6.45) is 4.01. The molecule has 0 aromatic carbocycles. The Labute approximate surface area is 84.1 Å². The summed E-state index contributed by atoms with van der Waals surface area (Å²) in [5, 5.41) is 15.4. The van der Waals surface area contributed by atoms with E-state index >= 15 is 0 Å². The largest absolute Gasteiger partial charge is 0.411 e. The Bertz CT molecular complexity index is 184. The minimum Gasteiger partial charge on any atom is -0.411 e. The van der Waals surface area contributed by atoms with E-state index in [1.165, 1.54) is 0 Å². The van der Waals surface area contributed by atoms with E-state index in [1.807, 2.05) is 0 Å². The number of unbranched alkanes of at least 4 members (excludes halogenated alkanes) is 1. The fourth-order valence-electron chi connectivity index (χ4n) is 1.76. The van der Waals surface area contributed by atoms with Crippen molar-refractivity contribution in [1.82, 2.24) is 5.32 Å². The van der Waals surface area contributed by atoms with Gasteiger partial charge in [-0.15, -0.1) is 11.6 Å². The molecule has 2 unspecified atom stereocenters. The zero-order valence-electron chi connectivity index (χ0n) is 7.96. The fourth-order valence-corrected chi connectivity index (χ4v) is 1.95. The molecule has 0 aliphatic carbocycles. The lowest BCUT2D eigenvalue weighted by molar-refractivity contribution is 0.315. The molecule has 0 bridgehead atoms. The number of hydrogen-bond donors (Lipinski definition) is 2. The van der Waals surface area contributed by atoms with Gasteiger partial charge in [-0.25, -0.2) is 0 Å². The Hall–Kier alpha value is -0.280. The summed E-state index contributed by atoms with van der Waals surface area (Å²) in [4.78, 5) is 0. The normalized spacial score (nSPS) is 31.4. The van der Waals surface area contributed by atoms with Crippen LogP contribution in [0.15, 0.2) is 5.16 Å². The summed E-state index contributed by atoms with van der Waals surface area (Å²) in [5.41, 5.74) is 0.891. The second kappa shape index (κ2) is 5.45. The maximum Gasteiger partial charge on any atom is 0.0755 e. The highest BCUT2D eigenvalue weighted by Crippen LogP contribution is 2.15.